The summed E-state index contributed by atoms with van der Waals surface area (Å²) >= 11 is 0. The lowest BCUT2D eigenvalue weighted by atomic mass is 10.1. The molecular formula is C11H12N2O6. The number of nitro groups is 1. The number of nitro benzene ring substituents is 1. The first-order valence-electron chi connectivity index (χ1n) is 5.23. The van der Waals surface area contributed by atoms with Crippen molar-refractivity contribution in [3.05, 3.63) is 33.9 Å². The Hall–Kier alpha value is -2.64. The molecule has 1 aromatic rings. The van der Waals surface area contributed by atoms with Crippen LogP contribution in [0.2, 0.25) is 0 Å². The Labute approximate surface area is 108 Å². The van der Waals surface area contributed by atoms with Gasteiger partial charge in [0.25, 0.3) is 5.91 Å². The smallest absolute Gasteiger partial charge is 0.325 e. The van der Waals surface area contributed by atoms with Crippen molar-refractivity contribution in [3.8, 4) is 5.75 Å². The SMILES string of the molecule is COc1ccc(C(=O)NC(C)C(=O)O)cc1[N+](=O)[O-]. The monoisotopic (exact) mass is 268 g/mol. The van der Waals surface area contributed by atoms with Gasteiger partial charge in [0.05, 0.1) is 12.0 Å². The molecule has 0 saturated heterocycles. The van der Waals surface area contributed by atoms with Gasteiger partial charge < -0.3 is 15.2 Å². The average Bonchev–Trinajstić information content (AvgIpc) is 2.37. The maximum absolute atomic E-state index is 11.7. The number of nitrogens with one attached hydrogen (secondary N) is 1. The number of benzene rings is 1. The highest BCUT2D eigenvalue weighted by Gasteiger charge is 2.20. The molecule has 1 atom stereocenters. The summed E-state index contributed by atoms with van der Waals surface area (Å²) in [5.41, 5.74) is -0.376. The van der Waals surface area contributed by atoms with E-state index in [-0.39, 0.29) is 17.0 Å². The first kappa shape index (κ1) is 14.4. The summed E-state index contributed by atoms with van der Waals surface area (Å²) in [4.78, 5) is 32.4. The molecule has 0 aliphatic carbocycles. The number of carboxylic acids is 1. The third-order valence-corrected chi connectivity index (χ3v) is 2.36. The molecule has 0 aliphatic rings. The lowest BCUT2D eigenvalue weighted by molar-refractivity contribution is -0.385. The van der Waals surface area contributed by atoms with Crippen molar-refractivity contribution in [2.24, 2.45) is 0 Å². The second kappa shape index (κ2) is 5.80. The van der Waals surface area contributed by atoms with E-state index in [0.29, 0.717) is 0 Å². The molecule has 0 spiro atoms. The van der Waals surface area contributed by atoms with Gasteiger partial charge in [-0.15, -0.1) is 0 Å². The Morgan fingerprint density at radius 1 is 1.47 bits per heavy atom. The van der Waals surface area contributed by atoms with Gasteiger partial charge in [-0.1, -0.05) is 0 Å². The lowest BCUT2D eigenvalue weighted by Crippen LogP contribution is -2.38. The molecule has 8 nitrogen and oxygen atoms in total. The summed E-state index contributed by atoms with van der Waals surface area (Å²) in [6.07, 6.45) is 0. The Morgan fingerprint density at radius 2 is 2.11 bits per heavy atom. The van der Waals surface area contributed by atoms with Crippen LogP contribution in [0.25, 0.3) is 0 Å². The van der Waals surface area contributed by atoms with E-state index in [1.54, 1.807) is 0 Å². The van der Waals surface area contributed by atoms with Crippen LogP contribution in [0.3, 0.4) is 0 Å². The number of nitrogens with zero attached hydrogens (tertiary/aromatic N) is 1. The minimum atomic E-state index is -1.20. The zero-order valence-corrected chi connectivity index (χ0v) is 10.2. The van der Waals surface area contributed by atoms with Crippen molar-refractivity contribution < 1.29 is 24.4 Å². The number of aliphatic carboxylic acids is 1. The van der Waals surface area contributed by atoms with E-state index < -0.39 is 22.8 Å². The number of carboxylic acid groups (broad SMARTS) is 1. The van der Waals surface area contributed by atoms with E-state index in [2.05, 4.69) is 5.32 Å². The number of hydrogen-bond donors (Lipinski definition) is 2. The minimum absolute atomic E-state index is 0.0133. The van der Waals surface area contributed by atoms with Crippen molar-refractivity contribution in [1.82, 2.24) is 5.32 Å². The Bertz CT molecular complexity index is 528. The summed E-state index contributed by atoms with van der Waals surface area (Å²) in [7, 11) is 1.27. The molecule has 0 bridgehead atoms. The molecule has 0 fully saturated rings. The molecule has 102 valence electrons. The van der Waals surface area contributed by atoms with Gasteiger partial charge in [-0.25, -0.2) is 0 Å². The fourth-order valence-corrected chi connectivity index (χ4v) is 1.32. The highest BCUT2D eigenvalue weighted by molar-refractivity contribution is 5.97. The van der Waals surface area contributed by atoms with Gasteiger partial charge in [0.15, 0.2) is 5.75 Å². The first-order chi connectivity index (χ1) is 8.86. The van der Waals surface area contributed by atoms with E-state index in [0.717, 1.165) is 6.07 Å². The maximum atomic E-state index is 11.7. The summed E-state index contributed by atoms with van der Waals surface area (Å²) in [5.74, 6) is -1.88. The van der Waals surface area contributed by atoms with Crippen LogP contribution < -0.4 is 10.1 Å². The zero-order valence-electron chi connectivity index (χ0n) is 10.2. The van der Waals surface area contributed by atoms with Gasteiger partial charge in [-0.05, 0) is 19.1 Å². The topological polar surface area (TPSA) is 119 Å². The minimum Gasteiger partial charge on any atom is -0.490 e. The molecule has 0 aromatic heterocycles. The summed E-state index contributed by atoms with van der Waals surface area (Å²) in [6, 6.07) is 2.53. The predicted octanol–water partition coefficient (Wildman–Crippen LogP) is 0.806. The highest BCUT2D eigenvalue weighted by atomic mass is 16.6. The van der Waals surface area contributed by atoms with Crippen LogP contribution in [0.4, 0.5) is 5.69 Å². The van der Waals surface area contributed by atoms with E-state index in [9.17, 15) is 19.7 Å². The van der Waals surface area contributed by atoms with E-state index in [1.807, 2.05) is 0 Å². The van der Waals surface area contributed by atoms with Gasteiger partial charge in [0.2, 0.25) is 0 Å². The molecule has 0 radical (unpaired) electrons. The number of ether oxygens (including phenoxy) is 1. The van der Waals surface area contributed by atoms with Gasteiger partial charge in [-0.2, -0.15) is 0 Å². The second-order valence-electron chi connectivity index (χ2n) is 3.68. The number of hydrogen-bond acceptors (Lipinski definition) is 5. The van der Waals surface area contributed by atoms with Crippen LogP contribution >= 0.6 is 0 Å². The summed E-state index contributed by atoms with van der Waals surface area (Å²) in [6.45, 7) is 1.29. The van der Waals surface area contributed by atoms with Crippen molar-refractivity contribution in [2.45, 2.75) is 13.0 Å². The predicted molar refractivity (Wildman–Crippen MR) is 64.2 cm³/mol. The molecule has 0 aliphatic heterocycles. The summed E-state index contributed by atoms with van der Waals surface area (Å²) < 4.78 is 4.79. The molecule has 1 aromatic carbocycles. The van der Waals surface area contributed by atoms with Crippen LogP contribution in [-0.2, 0) is 4.79 Å². The van der Waals surface area contributed by atoms with Crippen molar-refractivity contribution in [2.75, 3.05) is 7.11 Å². The third-order valence-electron chi connectivity index (χ3n) is 2.36. The van der Waals surface area contributed by atoms with E-state index >= 15 is 0 Å². The molecular weight excluding hydrogens is 256 g/mol. The maximum Gasteiger partial charge on any atom is 0.325 e. The molecule has 8 heteroatoms. The van der Waals surface area contributed by atoms with Gasteiger partial charge in [0, 0.05) is 11.6 Å². The number of carbonyl (C=O) groups excluding carboxylic acids is 1. The zero-order chi connectivity index (χ0) is 14.6. The first-order valence-corrected chi connectivity index (χ1v) is 5.23. The molecule has 0 saturated carbocycles. The molecule has 19 heavy (non-hydrogen) atoms. The Kier molecular flexibility index (Phi) is 4.41. The lowest BCUT2D eigenvalue weighted by Gasteiger charge is -2.09. The van der Waals surface area contributed by atoms with E-state index in [1.165, 1.54) is 26.2 Å². The molecule has 1 rings (SSSR count). The Balaban J connectivity index is 3.02. The van der Waals surface area contributed by atoms with Crippen molar-refractivity contribution in [3.63, 3.8) is 0 Å². The van der Waals surface area contributed by atoms with E-state index in [4.69, 9.17) is 9.84 Å². The fourth-order valence-electron chi connectivity index (χ4n) is 1.32. The van der Waals surface area contributed by atoms with Crippen LogP contribution in [0.1, 0.15) is 17.3 Å². The highest BCUT2D eigenvalue weighted by Crippen LogP contribution is 2.27. The molecule has 1 amide bonds. The van der Waals surface area contributed by atoms with Crippen molar-refractivity contribution in [1.29, 1.82) is 0 Å². The molecule has 1 unspecified atom stereocenters. The number of amides is 1. The standard InChI is InChI=1S/C11H12N2O6/c1-6(11(15)16)12-10(14)7-3-4-9(19-2)8(5-7)13(17)18/h3-6H,1-2H3,(H,12,14)(H,15,16). The third kappa shape index (κ3) is 3.41. The quantitative estimate of drug-likeness (QED) is 0.602. The Morgan fingerprint density at radius 3 is 2.58 bits per heavy atom. The number of rotatable bonds is 5. The molecule has 0 heterocycles. The van der Waals surface area contributed by atoms with Crippen molar-refractivity contribution >= 4 is 17.6 Å². The van der Waals surface area contributed by atoms with Crippen LogP contribution in [0.15, 0.2) is 18.2 Å². The van der Waals surface area contributed by atoms with Crippen LogP contribution in [-0.4, -0.2) is 35.1 Å². The van der Waals surface area contributed by atoms with Gasteiger partial charge in [-0.3, -0.25) is 19.7 Å². The normalized spacial score (nSPS) is 11.5. The number of methoxy groups -OCH3 is 1. The average molecular weight is 268 g/mol. The fraction of sp³-hybridized carbons (Fsp3) is 0.273. The van der Waals surface area contributed by atoms with Crippen LogP contribution in [0.5, 0.6) is 5.75 Å². The second-order valence-corrected chi connectivity index (χ2v) is 3.68. The van der Waals surface area contributed by atoms with Crippen LogP contribution in [0, 0.1) is 10.1 Å². The van der Waals surface area contributed by atoms with Gasteiger partial charge in [0.1, 0.15) is 6.04 Å². The van der Waals surface area contributed by atoms with Gasteiger partial charge >= 0.3 is 11.7 Å². The largest absolute Gasteiger partial charge is 0.490 e. The molecule has 2 N–H and O–H groups in total. The summed E-state index contributed by atoms with van der Waals surface area (Å²) in [5, 5.41) is 21.6. The number of carbonyl (C=O) groups is 2.